The SMILES string of the molecule is CC(C)(C)OC(=O)N[C@@H](CCc1ccccc1)C(=O)COC(=O)c1cc(Cl)ccc1Cl. The number of hydrogen-bond acceptors (Lipinski definition) is 5. The van der Waals surface area contributed by atoms with Crippen LogP contribution in [-0.4, -0.2) is 36.1 Å². The third-order valence-electron chi connectivity index (χ3n) is 4.14. The van der Waals surface area contributed by atoms with Crippen LogP contribution in [0.1, 0.15) is 43.1 Å². The third-order valence-corrected chi connectivity index (χ3v) is 4.70. The van der Waals surface area contributed by atoms with Crippen LogP contribution < -0.4 is 5.32 Å². The van der Waals surface area contributed by atoms with Crippen LogP contribution in [0, 0.1) is 0 Å². The minimum Gasteiger partial charge on any atom is -0.454 e. The molecule has 8 heteroatoms. The van der Waals surface area contributed by atoms with Crippen molar-refractivity contribution in [1.29, 1.82) is 0 Å². The van der Waals surface area contributed by atoms with E-state index in [2.05, 4.69) is 5.32 Å². The summed E-state index contributed by atoms with van der Waals surface area (Å²) in [4.78, 5) is 37.3. The van der Waals surface area contributed by atoms with Gasteiger partial charge in [0, 0.05) is 5.02 Å². The standard InChI is InChI=1S/C23H25Cl2NO5/c1-23(2,3)31-22(29)26-19(12-9-15-7-5-4-6-8-15)20(27)14-30-21(28)17-13-16(24)10-11-18(17)25/h4-8,10-11,13,19H,9,12,14H2,1-3H3,(H,26,29)/t19-/m0/s1. The molecule has 0 saturated carbocycles. The molecule has 2 rings (SSSR count). The lowest BCUT2D eigenvalue weighted by Gasteiger charge is -2.23. The van der Waals surface area contributed by atoms with E-state index in [1.54, 1.807) is 20.8 Å². The van der Waals surface area contributed by atoms with Crippen molar-refractivity contribution in [2.24, 2.45) is 0 Å². The monoisotopic (exact) mass is 465 g/mol. The summed E-state index contributed by atoms with van der Waals surface area (Å²) >= 11 is 11.9. The Morgan fingerprint density at radius 1 is 1.03 bits per heavy atom. The van der Waals surface area contributed by atoms with E-state index in [1.165, 1.54) is 18.2 Å². The van der Waals surface area contributed by atoms with Crippen molar-refractivity contribution in [3.63, 3.8) is 0 Å². The number of alkyl carbamates (subject to hydrolysis) is 1. The Kier molecular flexibility index (Phi) is 8.89. The number of carbonyl (C=O) groups is 3. The van der Waals surface area contributed by atoms with Gasteiger partial charge in [-0.3, -0.25) is 4.79 Å². The number of ketones is 1. The van der Waals surface area contributed by atoms with Crippen molar-refractivity contribution in [3.8, 4) is 0 Å². The first kappa shape index (κ1) is 24.7. The molecule has 6 nitrogen and oxygen atoms in total. The van der Waals surface area contributed by atoms with Crippen molar-refractivity contribution < 1.29 is 23.9 Å². The molecule has 0 aliphatic rings. The van der Waals surface area contributed by atoms with Crippen LogP contribution >= 0.6 is 23.2 Å². The summed E-state index contributed by atoms with van der Waals surface area (Å²) in [6.45, 7) is 4.65. The number of halogens is 2. The van der Waals surface area contributed by atoms with E-state index < -0.39 is 36.1 Å². The van der Waals surface area contributed by atoms with Gasteiger partial charge in [0.2, 0.25) is 0 Å². The molecule has 0 unspecified atom stereocenters. The highest BCUT2D eigenvalue weighted by atomic mass is 35.5. The largest absolute Gasteiger partial charge is 0.454 e. The number of hydrogen-bond donors (Lipinski definition) is 1. The molecule has 1 atom stereocenters. The normalized spacial score (nSPS) is 12.0. The highest BCUT2D eigenvalue weighted by Gasteiger charge is 2.25. The summed E-state index contributed by atoms with van der Waals surface area (Å²) in [5, 5.41) is 3.05. The van der Waals surface area contributed by atoms with Gasteiger partial charge in [0.1, 0.15) is 5.60 Å². The second kappa shape index (κ2) is 11.2. The summed E-state index contributed by atoms with van der Waals surface area (Å²) < 4.78 is 10.4. The quantitative estimate of drug-likeness (QED) is 0.538. The molecule has 0 fully saturated rings. The Bertz CT molecular complexity index is 925. The van der Waals surface area contributed by atoms with Crippen LogP contribution in [0.3, 0.4) is 0 Å². The summed E-state index contributed by atoms with van der Waals surface area (Å²) in [7, 11) is 0. The summed E-state index contributed by atoms with van der Waals surface area (Å²) in [5.74, 6) is -1.24. The maximum atomic E-state index is 12.7. The van der Waals surface area contributed by atoms with Crippen molar-refractivity contribution in [2.75, 3.05) is 6.61 Å². The number of benzene rings is 2. The number of carbonyl (C=O) groups excluding carboxylic acids is 3. The van der Waals surface area contributed by atoms with Crippen molar-refractivity contribution in [2.45, 2.75) is 45.3 Å². The van der Waals surface area contributed by atoms with Gasteiger partial charge < -0.3 is 14.8 Å². The minimum atomic E-state index is -0.891. The average Bonchev–Trinajstić information content (AvgIpc) is 2.70. The molecule has 0 aliphatic heterocycles. The molecule has 0 aliphatic carbocycles. The first-order valence-corrected chi connectivity index (χ1v) is 10.5. The van der Waals surface area contributed by atoms with Crippen LogP contribution in [0.5, 0.6) is 0 Å². The van der Waals surface area contributed by atoms with Gasteiger partial charge in [0.15, 0.2) is 12.4 Å². The fourth-order valence-electron chi connectivity index (χ4n) is 2.69. The minimum absolute atomic E-state index is 0.0582. The zero-order valence-corrected chi connectivity index (χ0v) is 19.1. The molecule has 0 aromatic heterocycles. The van der Waals surface area contributed by atoms with E-state index in [0.717, 1.165) is 5.56 Å². The van der Waals surface area contributed by atoms with E-state index in [1.807, 2.05) is 30.3 Å². The lowest BCUT2D eigenvalue weighted by Crippen LogP contribution is -2.45. The Balaban J connectivity index is 2.04. The second-order valence-corrected chi connectivity index (χ2v) is 8.73. The number of nitrogens with one attached hydrogen (secondary N) is 1. The van der Waals surface area contributed by atoms with Crippen LogP contribution in [0.25, 0.3) is 0 Å². The Hall–Kier alpha value is -2.57. The molecule has 166 valence electrons. The highest BCUT2D eigenvalue weighted by molar-refractivity contribution is 6.35. The Labute approximate surface area is 191 Å². The van der Waals surface area contributed by atoms with Gasteiger partial charge in [0.25, 0.3) is 0 Å². The van der Waals surface area contributed by atoms with E-state index in [4.69, 9.17) is 32.7 Å². The summed E-state index contributed by atoms with van der Waals surface area (Å²) in [6, 6.07) is 13.0. The molecule has 0 bridgehead atoms. The van der Waals surface area contributed by atoms with E-state index >= 15 is 0 Å². The summed E-state index contributed by atoms with van der Waals surface area (Å²) in [6.07, 6.45) is 0.140. The Morgan fingerprint density at radius 2 is 1.71 bits per heavy atom. The van der Waals surface area contributed by atoms with Crippen LogP contribution in [-0.2, 0) is 20.7 Å². The van der Waals surface area contributed by atoms with Gasteiger partial charge in [-0.15, -0.1) is 0 Å². The molecule has 1 amide bonds. The molecule has 2 aromatic carbocycles. The van der Waals surface area contributed by atoms with Gasteiger partial charge in [0.05, 0.1) is 16.6 Å². The number of rotatable bonds is 8. The fourth-order valence-corrected chi connectivity index (χ4v) is 3.05. The fraction of sp³-hybridized carbons (Fsp3) is 0.348. The topological polar surface area (TPSA) is 81.7 Å². The maximum absolute atomic E-state index is 12.7. The molecule has 2 aromatic rings. The molecule has 0 radical (unpaired) electrons. The smallest absolute Gasteiger partial charge is 0.408 e. The van der Waals surface area contributed by atoms with Gasteiger partial charge in [-0.2, -0.15) is 0 Å². The van der Waals surface area contributed by atoms with Crippen LogP contribution in [0.2, 0.25) is 10.0 Å². The predicted molar refractivity (Wildman–Crippen MR) is 120 cm³/mol. The Morgan fingerprint density at radius 3 is 2.35 bits per heavy atom. The van der Waals surface area contributed by atoms with Crippen LogP contribution in [0.4, 0.5) is 4.79 Å². The lowest BCUT2D eigenvalue weighted by molar-refractivity contribution is -0.124. The number of aryl methyl sites for hydroxylation is 1. The third kappa shape index (κ3) is 8.59. The molecule has 0 spiro atoms. The maximum Gasteiger partial charge on any atom is 0.408 e. The summed E-state index contributed by atoms with van der Waals surface area (Å²) in [5.41, 5.74) is 0.351. The first-order valence-electron chi connectivity index (χ1n) is 9.73. The molecule has 31 heavy (non-hydrogen) atoms. The van der Waals surface area contributed by atoms with Crippen LogP contribution in [0.15, 0.2) is 48.5 Å². The molecule has 0 saturated heterocycles. The molecular weight excluding hydrogens is 441 g/mol. The van der Waals surface area contributed by atoms with E-state index in [0.29, 0.717) is 17.9 Å². The highest BCUT2D eigenvalue weighted by Crippen LogP contribution is 2.21. The molecule has 0 heterocycles. The molecule has 1 N–H and O–H groups in total. The van der Waals surface area contributed by atoms with Crippen molar-refractivity contribution in [1.82, 2.24) is 5.32 Å². The predicted octanol–water partition coefficient (Wildman–Crippen LogP) is 5.25. The first-order chi connectivity index (χ1) is 14.5. The number of esters is 1. The van der Waals surface area contributed by atoms with Crippen molar-refractivity contribution in [3.05, 3.63) is 69.7 Å². The second-order valence-electron chi connectivity index (χ2n) is 7.89. The number of Topliss-reactive ketones (excluding diaryl/α,β-unsaturated/α-hetero) is 1. The zero-order valence-electron chi connectivity index (χ0n) is 17.6. The number of ether oxygens (including phenoxy) is 2. The lowest BCUT2D eigenvalue weighted by atomic mass is 10.0. The van der Waals surface area contributed by atoms with Gasteiger partial charge >= 0.3 is 12.1 Å². The molecular formula is C23H25Cl2NO5. The van der Waals surface area contributed by atoms with Gasteiger partial charge in [-0.25, -0.2) is 9.59 Å². The van der Waals surface area contributed by atoms with E-state index in [-0.39, 0.29) is 10.6 Å². The van der Waals surface area contributed by atoms with Gasteiger partial charge in [-0.1, -0.05) is 53.5 Å². The average molecular weight is 466 g/mol. The van der Waals surface area contributed by atoms with E-state index in [9.17, 15) is 14.4 Å². The number of amides is 1. The zero-order chi connectivity index (χ0) is 23.0. The van der Waals surface area contributed by atoms with Gasteiger partial charge in [-0.05, 0) is 57.4 Å². The van der Waals surface area contributed by atoms with Crippen molar-refractivity contribution >= 4 is 41.0 Å².